The molecule has 0 aromatic heterocycles. The molecule has 3 heteroatoms. The summed E-state index contributed by atoms with van der Waals surface area (Å²) in [5, 5.41) is 0. The van der Waals surface area contributed by atoms with Crippen molar-refractivity contribution in [2.75, 3.05) is 0 Å². The van der Waals surface area contributed by atoms with Crippen LogP contribution in [0.5, 0.6) is 11.5 Å². The van der Waals surface area contributed by atoms with Crippen molar-refractivity contribution in [1.82, 2.24) is 0 Å². The molecule has 0 spiro atoms. The van der Waals surface area contributed by atoms with Crippen LogP contribution in [0.1, 0.15) is 48.1 Å². The maximum absolute atomic E-state index is 12.1. The Labute approximate surface area is 155 Å². The number of ether oxygens (including phenoxy) is 2. The quantitative estimate of drug-likeness (QED) is 0.422. The molecule has 136 valence electrons. The second kappa shape index (κ2) is 6.99. The highest BCUT2D eigenvalue weighted by atomic mass is 16.5. The summed E-state index contributed by atoms with van der Waals surface area (Å²) in [6.07, 6.45) is 2.90. The molecule has 0 bridgehead atoms. The number of carbonyl (C=O) groups excluding carboxylic acids is 1. The number of fused-ring (bicyclic) bond motifs is 1. The largest absolute Gasteiger partial charge is 0.488 e. The van der Waals surface area contributed by atoms with Crippen LogP contribution in [-0.4, -0.2) is 5.97 Å². The van der Waals surface area contributed by atoms with Gasteiger partial charge >= 0.3 is 5.97 Å². The fraction of sp³-hybridized carbons (Fsp3) is 0.348. The molecule has 1 aliphatic rings. The topological polar surface area (TPSA) is 35.5 Å². The third-order valence-electron chi connectivity index (χ3n) is 5.06. The van der Waals surface area contributed by atoms with Gasteiger partial charge in [0.1, 0.15) is 18.1 Å². The lowest BCUT2D eigenvalue weighted by molar-refractivity contribution is -0.137. The van der Waals surface area contributed by atoms with Gasteiger partial charge in [-0.1, -0.05) is 50.3 Å². The van der Waals surface area contributed by atoms with Crippen LogP contribution in [0.2, 0.25) is 0 Å². The Bertz CT molecular complexity index is 848. The lowest BCUT2D eigenvalue weighted by Gasteiger charge is -2.35. The number of benzene rings is 2. The fourth-order valence-electron chi connectivity index (χ4n) is 3.86. The number of carbonyl (C=O) groups is 1. The molecule has 26 heavy (non-hydrogen) atoms. The molecule has 1 aliphatic heterocycles. The molecule has 0 atom stereocenters. The van der Waals surface area contributed by atoms with Crippen LogP contribution in [0.15, 0.2) is 43.0 Å². The summed E-state index contributed by atoms with van der Waals surface area (Å²) >= 11 is 0. The molecule has 1 heterocycles. The van der Waals surface area contributed by atoms with E-state index in [2.05, 4.69) is 39.5 Å². The lowest BCUT2D eigenvalue weighted by atomic mass is 9.75. The van der Waals surface area contributed by atoms with Gasteiger partial charge in [0.05, 0.1) is 6.42 Å². The molecule has 0 radical (unpaired) electrons. The van der Waals surface area contributed by atoms with Crippen molar-refractivity contribution in [3.63, 3.8) is 0 Å². The summed E-state index contributed by atoms with van der Waals surface area (Å²) < 4.78 is 11.9. The maximum atomic E-state index is 12.1. The summed E-state index contributed by atoms with van der Waals surface area (Å²) in [4.78, 5) is 12.1. The van der Waals surface area contributed by atoms with Crippen LogP contribution in [0.25, 0.3) is 0 Å². The molecule has 0 N–H and O–H groups in total. The summed E-state index contributed by atoms with van der Waals surface area (Å²) in [5.74, 6) is 1.41. The van der Waals surface area contributed by atoms with Crippen molar-refractivity contribution in [3.8, 4) is 11.5 Å². The smallest absolute Gasteiger partial charge is 0.312 e. The van der Waals surface area contributed by atoms with Gasteiger partial charge in [-0.3, -0.25) is 4.79 Å². The number of hydrogen-bond donors (Lipinski definition) is 0. The Morgan fingerprint density at radius 1 is 1.19 bits per heavy atom. The van der Waals surface area contributed by atoms with Crippen LogP contribution in [-0.2, 0) is 23.2 Å². The molecule has 3 nitrogen and oxygen atoms in total. The van der Waals surface area contributed by atoms with Crippen molar-refractivity contribution in [2.45, 2.75) is 52.6 Å². The Balaban J connectivity index is 2.12. The molecule has 0 saturated carbocycles. The van der Waals surface area contributed by atoms with E-state index in [1.54, 1.807) is 0 Å². The molecule has 0 amide bonds. The molecule has 2 aromatic carbocycles. The fourth-order valence-corrected chi connectivity index (χ4v) is 3.86. The van der Waals surface area contributed by atoms with Gasteiger partial charge in [-0.15, -0.1) is 6.58 Å². The zero-order valence-electron chi connectivity index (χ0n) is 16.0. The minimum absolute atomic E-state index is 0.174. The van der Waals surface area contributed by atoms with E-state index in [-0.39, 0.29) is 11.4 Å². The van der Waals surface area contributed by atoms with Gasteiger partial charge in [0.15, 0.2) is 0 Å². The van der Waals surface area contributed by atoms with Crippen molar-refractivity contribution >= 4 is 5.97 Å². The Morgan fingerprint density at radius 3 is 2.54 bits per heavy atom. The third kappa shape index (κ3) is 3.26. The average Bonchev–Trinajstić information content (AvgIpc) is 2.58. The van der Waals surface area contributed by atoms with E-state index in [1.165, 1.54) is 0 Å². The second-order valence-corrected chi connectivity index (χ2v) is 7.56. The Morgan fingerprint density at radius 2 is 1.88 bits per heavy atom. The van der Waals surface area contributed by atoms with Gasteiger partial charge in [0.2, 0.25) is 0 Å². The number of hydrogen-bond acceptors (Lipinski definition) is 3. The van der Waals surface area contributed by atoms with Gasteiger partial charge < -0.3 is 9.47 Å². The SMILES string of the molecule is C=CCc1c(C)c2c(c(C)c1OCc1ccccc1)C(C)(C)CC(=O)O2. The van der Waals surface area contributed by atoms with Crippen molar-refractivity contribution < 1.29 is 14.3 Å². The summed E-state index contributed by atoms with van der Waals surface area (Å²) in [6.45, 7) is 12.6. The molecule has 0 unspecified atom stereocenters. The van der Waals surface area contributed by atoms with Gasteiger partial charge in [-0.05, 0) is 37.0 Å². The van der Waals surface area contributed by atoms with Crippen LogP contribution in [0.4, 0.5) is 0 Å². The normalized spacial score (nSPS) is 15.2. The first-order valence-electron chi connectivity index (χ1n) is 9.00. The first-order valence-corrected chi connectivity index (χ1v) is 9.00. The highest BCUT2D eigenvalue weighted by Crippen LogP contribution is 2.48. The molecule has 3 rings (SSSR count). The van der Waals surface area contributed by atoms with E-state index >= 15 is 0 Å². The average molecular weight is 350 g/mol. The van der Waals surface area contributed by atoms with E-state index in [0.717, 1.165) is 33.6 Å². The van der Waals surface area contributed by atoms with E-state index < -0.39 is 0 Å². The molecular formula is C23H26O3. The number of rotatable bonds is 5. The second-order valence-electron chi connectivity index (χ2n) is 7.56. The summed E-state index contributed by atoms with van der Waals surface area (Å²) in [7, 11) is 0. The van der Waals surface area contributed by atoms with Crippen LogP contribution in [0.3, 0.4) is 0 Å². The third-order valence-corrected chi connectivity index (χ3v) is 5.06. The highest BCUT2D eigenvalue weighted by molar-refractivity contribution is 5.80. The van der Waals surface area contributed by atoms with E-state index in [0.29, 0.717) is 25.2 Å². The standard InChI is InChI=1S/C23H26O3/c1-6-10-18-15(2)22-20(23(4,5)13-19(24)26-22)16(3)21(18)25-14-17-11-8-7-9-12-17/h6-9,11-12H,1,10,13-14H2,2-5H3. The molecule has 0 fully saturated rings. The van der Waals surface area contributed by atoms with Gasteiger partial charge in [-0.25, -0.2) is 0 Å². The Kier molecular flexibility index (Phi) is 4.90. The zero-order chi connectivity index (χ0) is 18.9. The molecule has 0 saturated heterocycles. The van der Waals surface area contributed by atoms with Crippen LogP contribution < -0.4 is 9.47 Å². The highest BCUT2D eigenvalue weighted by Gasteiger charge is 2.38. The van der Waals surface area contributed by atoms with Crippen molar-refractivity contribution in [2.24, 2.45) is 0 Å². The number of esters is 1. The van der Waals surface area contributed by atoms with Gasteiger partial charge in [0.25, 0.3) is 0 Å². The van der Waals surface area contributed by atoms with E-state index in [1.807, 2.05) is 31.2 Å². The van der Waals surface area contributed by atoms with E-state index in [9.17, 15) is 4.79 Å². The first kappa shape index (κ1) is 18.2. The monoisotopic (exact) mass is 350 g/mol. The van der Waals surface area contributed by atoms with E-state index in [4.69, 9.17) is 9.47 Å². The van der Waals surface area contributed by atoms with Crippen molar-refractivity contribution in [1.29, 1.82) is 0 Å². The predicted molar refractivity (Wildman–Crippen MR) is 104 cm³/mol. The van der Waals surface area contributed by atoms with Gasteiger partial charge in [-0.2, -0.15) is 0 Å². The lowest BCUT2D eigenvalue weighted by Crippen LogP contribution is -2.32. The predicted octanol–water partition coefficient (Wildman–Crippen LogP) is 5.20. The van der Waals surface area contributed by atoms with Crippen LogP contribution in [0, 0.1) is 13.8 Å². The number of allylic oxidation sites excluding steroid dienone is 1. The Hall–Kier alpha value is -2.55. The molecule has 2 aromatic rings. The maximum Gasteiger partial charge on any atom is 0.312 e. The molecule has 0 aliphatic carbocycles. The molecular weight excluding hydrogens is 324 g/mol. The summed E-state index contributed by atoms with van der Waals surface area (Å²) in [6, 6.07) is 10.1. The summed E-state index contributed by atoms with van der Waals surface area (Å²) in [5.41, 5.74) is 4.98. The van der Waals surface area contributed by atoms with Gasteiger partial charge in [0, 0.05) is 16.5 Å². The minimum Gasteiger partial charge on any atom is -0.488 e. The minimum atomic E-state index is -0.281. The van der Waals surface area contributed by atoms with Crippen LogP contribution >= 0.6 is 0 Å². The first-order chi connectivity index (χ1) is 12.3. The van der Waals surface area contributed by atoms with Crippen molar-refractivity contribution in [3.05, 3.63) is 70.8 Å². The zero-order valence-corrected chi connectivity index (χ0v) is 16.0.